The summed E-state index contributed by atoms with van der Waals surface area (Å²) in [5.41, 5.74) is 2.80. The van der Waals surface area contributed by atoms with Crippen LogP contribution in [0.2, 0.25) is 5.02 Å². The second-order valence-corrected chi connectivity index (χ2v) is 10.1. The third kappa shape index (κ3) is 5.86. The molecule has 3 aromatic rings. The van der Waals surface area contributed by atoms with E-state index in [1.54, 1.807) is 30.3 Å². The van der Waals surface area contributed by atoms with Gasteiger partial charge in [0.15, 0.2) is 0 Å². The molecule has 1 aliphatic heterocycles. The van der Waals surface area contributed by atoms with Crippen LogP contribution in [0.25, 0.3) is 0 Å². The number of piperidine rings is 1. The molecule has 6 nitrogen and oxygen atoms in total. The van der Waals surface area contributed by atoms with E-state index in [2.05, 4.69) is 27.1 Å². The van der Waals surface area contributed by atoms with Crippen LogP contribution in [0.15, 0.2) is 77.7 Å². The molecule has 1 heterocycles. The maximum Gasteiger partial charge on any atom is 0.263 e. The number of carbonyl (C=O) groups is 1. The van der Waals surface area contributed by atoms with E-state index >= 15 is 0 Å². The second kappa shape index (κ2) is 10.3. The summed E-state index contributed by atoms with van der Waals surface area (Å²) in [6.07, 6.45) is 3.73. The van der Waals surface area contributed by atoms with E-state index in [1.165, 1.54) is 43.1 Å². The first-order valence-electron chi connectivity index (χ1n) is 10.9. The number of rotatable bonds is 7. The summed E-state index contributed by atoms with van der Waals surface area (Å²) in [6.45, 7) is 2.50. The first-order chi connectivity index (χ1) is 15.9. The monoisotopic (exact) mass is 483 g/mol. The average molecular weight is 484 g/mol. The maximum absolute atomic E-state index is 12.8. The number of para-hydroxylation sites is 1. The highest BCUT2D eigenvalue weighted by Gasteiger charge is 2.20. The molecule has 1 fully saturated rings. The highest BCUT2D eigenvalue weighted by molar-refractivity contribution is 7.92. The van der Waals surface area contributed by atoms with Gasteiger partial charge in [-0.2, -0.15) is 0 Å². The number of benzene rings is 3. The van der Waals surface area contributed by atoms with Crippen LogP contribution < -0.4 is 14.9 Å². The SMILES string of the molecule is O=C(NCc1ccc(N2CCCCC2)cc1)c1ccc(Cl)c(S(=O)(=O)Nc2ccccc2)c1. The standard InChI is InChI=1S/C25H26ClN3O3S/c26-23-14-11-20(17-24(23)33(31,32)28-21-7-3-1-4-8-21)25(30)27-18-19-9-12-22(13-10-19)29-15-5-2-6-16-29/h1,3-4,7-14,17,28H,2,5-6,15-16,18H2,(H,27,30). The summed E-state index contributed by atoms with van der Waals surface area (Å²) in [5.74, 6) is -0.372. The summed E-state index contributed by atoms with van der Waals surface area (Å²) in [6, 6.07) is 20.9. The quantitative estimate of drug-likeness (QED) is 0.492. The molecule has 8 heteroatoms. The fraction of sp³-hybridized carbons (Fsp3) is 0.240. The zero-order chi connectivity index (χ0) is 23.3. The summed E-state index contributed by atoms with van der Waals surface area (Å²) in [4.78, 5) is 14.9. The molecule has 2 N–H and O–H groups in total. The van der Waals surface area contributed by atoms with Crippen molar-refractivity contribution in [3.05, 3.63) is 88.9 Å². The Labute approximate surface area is 199 Å². The average Bonchev–Trinajstić information content (AvgIpc) is 2.84. The molecule has 4 rings (SSSR count). The number of amides is 1. The Bertz CT molecular complexity index is 1210. The number of halogens is 1. The van der Waals surface area contributed by atoms with Crippen LogP contribution in [-0.2, 0) is 16.6 Å². The Morgan fingerprint density at radius 3 is 2.30 bits per heavy atom. The predicted molar refractivity (Wildman–Crippen MR) is 132 cm³/mol. The van der Waals surface area contributed by atoms with Gasteiger partial charge in [-0.3, -0.25) is 9.52 Å². The van der Waals surface area contributed by atoms with Gasteiger partial charge in [0.1, 0.15) is 4.90 Å². The van der Waals surface area contributed by atoms with Gasteiger partial charge < -0.3 is 10.2 Å². The van der Waals surface area contributed by atoms with Gasteiger partial charge >= 0.3 is 0 Å². The Kier molecular flexibility index (Phi) is 7.20. The van der Waals surface area contributed by atoms with Crippen molar-refractivity contribution in [3.63, 3.8) is 0 Å². The van der Waals surface area contributed by atoms with Crippen molar-refractivity contribution in [2.75, 3.05) is 22.7 Å². The van der Waals surface area contributed by atoms with Gasteiger partial charge in [0.05, 0.1) is 5.02 Å². The van der Waals surface area contributed by atoms with Crippen LogP contribution in [0.1, 0.15) is 35.2 Å². The molecular weight excluding hydrogens is 458 g/mol. The maximum atomic E-state index is 12.8. The Balaban J connectivity index is 1.42. The molecule has 0 aliphatic carbocycles. The van der Waals surface area contributed by atoms with E-state index in [1.807, 2.05) is 12.1 Å². The van der Waals surface area contributed by atoms with Crippen LogP contribution in [0, 0.1) is 0 Å². The van der Waals surface area contributed by atoms with Crippen molar-refractivity contribution in [2.45, 2.75) is 30.7 Å². The molecule has 0 radical (unpaired) electrons. The van der Waals surface area contributed by atoms with Crippen molar-refractivity contribution >= 4 is 38.9 Å². The smallest absolute Gasteiger partial charge is 0.263 e. The topological polar surface area (TPSA) is 78.5 Å². The summed E-state index contributed by atoms with van der Waals surface area (Å²) in [7, 11) is -3.95. The number of anilines is 2. The van der Waals surface area contributed by atoms with Crippen molar-refractivity contribution < 1.29 is 13.2 Å². The molecule has 0 unspecified atom stereocenters. The molecule has 0 saturated carbocycles. The highest BCUT2D eigenvalue weighted by Crippen LogP contribution is 2.25. The van der Waals surface area contributed by atoms with E-state index in [4.69, 9.17) is 11.6 Å². The lowest BCUT2D eigenvalue weighted by Gasteiger charge is -2.28. The van der Waals surface area contributed by atoms with Crippen molar-refractivity contribution in [2.24, 2.45) is 0 Å². The first kappa shape index (κ1) is 23.1. The van der Waals surface area contributed by atoms with E-state index in [9.17, 15) is 13.2 Å². The number of hydrogen-bond donors (Lipinski definition) is 2. The molecule has 1 aliphatic rings. The van der Waals surface area contributed by atoms with Crippen molar-refractivity contribution in [1.82, 2.24) is 5.32 Å². The molecule has 1 saturated heterocycles. The number of nitrogens with zero attached hydrogens (tertiary/aromatic N) is 1. The van der Waals surface area contributed by atoms with Gasteiger partial charge in [0.25, 0.3) is 15.9 Å². The van der Waals surface area contributed by atoms with Crippen LogP contribution >= 0.6 is 11.6 Å². The van der Waals surface area contributed by atoms with Gasteiger partial charge in [-0.15, -0.1) is 0 Å². The normalized spacial score (nSPS) is 14.0. The fourth-order valence-electron chi connectivity index (χ4n) is 3.83. The van der Waals surface area contributed by atoms with Gasteiger partial charge in [-0.1, -0.05) is 41.9 Å². The molecule has 1 amide bonds. The first-order valence-corrected chi connectivity index (χ1v) is 12.8. The summed E-state index contributed by atoms with van der Waals surface area (Å²) >= 11 is 6.15. The highest BCUT2D eigenvalue weighted by atomic mass is 35.5. The lowest BCUT2D eigenvalue weighted by atomic mass is 10.1. The molecular formula is C25H26ClN3O3S. The Hall–Kier alpha value is -3.03. The number of hydrogen-bond acceptors (Lipinski definition) is 4. The lowest BCUT2D eigenvalue weighted by molar-refractivity contribution is 0.0950. The van der Waals surface area contributed by atoms with Gasteiger partial charge in [0.2, 0.25) is 0 Å². The molecule has 3 aromatic carbocycles. The number of carbonyl (C=O) groups excluding carboxylic acids is 1. The third-order valence-electron chi connectivity index (χ3n) is 5.62. The predicted octanol–water partition coefficient (Wildman–Crippen LogP) is 5.06. The molecule has 0 bridgehead atoms. The molecule has 0 aromatic heterocycles. The van der Waals surface area contributed by atoms with E-state index in [-0.39, 0.29) is 21.4 Å². The van der Waals surface area contributed by atoms with E-state index in [0.29, 0.717) is 12.2 Å². The Morgan fingerprint density at radius 2 is 1.61 bits per heavy atom. The third-order valence-corrected chi connectivity index (χ3v) is 7.48. The molecule has 0 atom stereocenters. The zero-order valence-corrected chi connectivity index (χ0v) is 19.7. The largest absolute Gasteiger partial charge is 0.372 e. The fourth-order valence-corrected chi connectivity index (χ4v) is 5.41. The van der Waals surface area contributed by atoms with E-state index in [0.717, 1.165) is 18.7 Å². The summed E-state index contributed by atoms with van der Waals surface area (Å²) in [5, 5.41) is 2.90. The van der Waals surface area contributed by atoms with Gasteiger partial charge in [-0.05, 0) is 67.3 Å². The summed E-state index contributed by atoms with van der Waals surface area (Å²) < 4.78 is 28.1. The van der Waals surface area contributed by atoms with Crippen molar-refractivity contribution in [1.29, 1.82) is 0 Å². The minimum absolute atomic E-state index is 0.0447. The van der Waals surface area contributed by atoms with Crippen LogP contribution in [0.3, 0.4) is 0 Å². The number of sulfonamides is 1. The van der Waals surface area contributed by atoms with Crippen LogP contribution in [0.5, 0.6) is 0 Å². The Morgan fingerprint density at radius 1 is 0.909 bits per heavy atom. The van der Waals surface area contributed by atoms with Crippen LogP contribution in [-0.4, -0.2) is 27.4 Å². The minimum atomic E-state index is -3.95. The molecule has 0 spiro atoms. The number of nitrogens with one attached hydrogen (secondary N) is 2. The van der Waals surface area contributed by atoms with Crippen LogP contribution in [0.4, 0.5) is 11.4 Å². The minimum Gasteiger partial charge on any atom is -0.372 e. The molecule has 172 valence electrons. The van der Waals surface area contributed by atoms with E-state index < -0.39 is 10.0 Å². The van der Waals surface area contributed by atoms with Gasteiger partial charge in [-0.25, -0.2) is 8.42 Å². The van der Waals surface area contributed by atoms with Crippen molar-refractivity contribution in [3.8, 4) is 0 Å². The molecule has 33 heavy (non-hydrogen) atoms. The lowest BCUT2D eigenvalue weighted by Crippen LogP contribution is -2.29. The van der Waals surface area contributed by atoms with Gasteiger partial charge in [0, 0.05) is 36.6 Å². The zero-order valence-electron chi connectivity index (χ0n) is 18.1. The second-order valence-electron chi connectivity index (χ2n) is 8.01.